The maximum Gasteiger partial charge on any atom is 0.251 e. The SMILES string of the molecule is CC(C(=O)c1ccc2c(c1)OCO2)N(C)C(=O)C1=CN(Cc2ccccc2)C=CC1. The van der Waals surface area contributed by atoms with Crippen LogP contribution in [0.3, 0.4) is 0 Å². The Morgan fingerprint density at radius 3 is 2.67 bits per heavy atom. The van der Waals surface area contributed by atoms with Crippen LogP contribution < -0.4 is 9.47 Å². The van der Waals surface area contributed by atoms with Crippen molar-refractivity contribution in [1.82, 2.24) is 9.80 Å². The van der Waals surface area contributed by atoms with E-state index in [4.69, 9.17) is 9.47 Å². The van der Waals surface area contributed by atoms with Crippen molar-refractivity contribution in [2.45, 2.75) is 25.9 Å². The van der Waals surface area contributed by atoms with Crippen LogP contribution >= 0.6 is 0 Å². The van der Waals surface area contributed by atoms with Gasteiger partial charge in [0, 0.05) is 37.1 Å². The van der Waals surface area contributed by atoms with Crippen LogP contribution in [0, 0.1) is 0 Å². The van der Waals surface area contributed by atoms with Crippen LogP contribution in [0.2, 0.25) is 0 Å². The Balaban J connectivity index is 1.45. The molecule has 0 N–H and O–H groups in total. The molecule has 0 saturated heterocycles. The van der Waals surface area contributed by atoms with Crippen LogP contribution in [-0.2, 0) is 11.3 Å². The maximum atomic E-state index is 13.1. The molecule has 0 aliphatic carbocycles. The van der Waals surface area contributed by atoms with E-state index in [1.165, 1.54) is 4.90 Å². The normalized spacial score (nSPS) is 15.5. The molecule has 2 heterocycles. The minimum absolute atomic E-state index is 0.141. The summed E-state index contributed by atoms with van der Waals surface area (Å²) >= 11 is 0. The third-order valence-corrected chi connectivity index (χ3v) is 5.38. The van der Waals surface area contributed by atoms with E-state index >= 15 is 0 Å². The first-order chi connectivity index (χ1) is 14.5. The van der Waals surface area contributed by atoms with Gasteiger partial charge in [0.05, 0.1) is 6.04 Å². The molecule has 6 heteroatoms. The summed E-state index contributed by atoms with van der Waals surface area (Å²) in [5.74, 6) is 0.885. The zero-order valence-corrected chi connectivity index (χ0v) is 17.1. The third kappa shape index (κ3) is 4.08. The Morgan fingerprint density at radius 2 is 1.87 bits per heavy atom. The largest absolute Gasteiger partial charge is 0.454 e. The topological polar surface area (TPSA) is 59.1 Å². The molecule has 154 valence electrons. The summed E-state index contributed by atoms with van der Waals surface area (Å²) in [6, 6.07) is 14.6. The lowest BCUT2D eigenvalue weighted by Crippen LogP contribution is -2.41. The molecule has 2 aliphatic heterocycles. The monoisotopic (exact) mass is 404 g/mol. The summed E-state index contributed by atoms with van der Waals surface area (Å²) in [4.78, 5) is 29.5. The van der Waals surface area contributed by atoms with Crippen molar-refractivity contribution in [3.63, 3.8) is 0 Å². The fourth-order valence-corrected chi connectivity index (χ4v) is 3.52. The molecule has 2 aromatic carbocycles. The molecule has 1 amide bonds. The van der Waals surface area contributed by atoms with E-state index in [0.29, 0.717) is 35.6 Å². The van der Waals surface area contributed by atoms with Gasteiger partial charge in [0.15, 0.2) is 17.3 Å². The van der Waals surface area contributed by atoms with Gasteiger partial charge >= 0.3 is 0 Å². The third-order valence-electron chi connectivity index (χ3n) is 5.38. The van der Waals surface area contributed by atoms with Crippen molar-refractivity contribution < 1.29 is 19.1 Å². The molecule has 0 bridgehead atoms. The number of carbonyl (C=O) groups is 2. The highest BCUT2D eigenvalue weighted by molar-refractivity contribution is 6.04. The molecular weight excluding hydrogens is 380 g/mol. The van der Waals surface area contributed by atoms with Crippen molar-refractivity contribution >= 4 is 11.7 Å². The quantitative estimate of drug-likeness (QED) is 0.687. The molecule has 0 fully saturated rings. The average Bonchev–Trinajstić information content (AvgIpc) is 3.26. The molecule has 0 saturated carbocycles. The number of likely N-dealkylation sites (N-methyl/N-ethyl adjacent to an activating group) is 1. The van der Waals surface area contributed by atoms with E-state index in [-0.39, 0.29) is 18.5 Å². The second-order valence-corrected chi connectivity index (χ2v) is 7.43. The first-order valence-electron chi connectivity index (χ1n) is 9.91. The molecule has 1 unspecified atom stereocenters. The predicted octanol–water partition coefficient (Wildman–Crippen LogP) is 3.75. The summed E-state index contributed by atoms with van der Waals surface area (Å²) in [5.41, 5.74) is 2.31. The molecule has 0 spiro atoms. The van der Waals surface area contributed by atoms with E-state index in [0.717, 1.165) is 5.56 Å². The molecule has 0 radical (unpaired) electrons. The van der Waals surface area contributed by atoms with E-state index in [9.17, 15) is 9.59 Å². The van der Waals surface area contributed by atoms with E-state index in [2.05, 4.69) is 12.1 Å². The van der Waals surface area contributed by atoms with Crippen LogP contribution in [-0.4, -0.2) is 41.4 Å². The molecule has 1 atom stereocenters. The summed E-state index contributed by atoms with van der Waals surface area (Å²) in [7, 11) is 1.67. The van der Waals surface area contributed by atoms with Crippen LogP contribution in [0.1, 0.15) is 29.3 Å². The average molecular weight is 404 g/mol. The first kappa shape index (κ1) is 19.8. The van der Waals surface area contributed by atoms with Gasteiger partial charge in [-0.15, -0.1) is 0 Å². The van der Waals surface area contributed by atoms with E-state index < -0.39 is 6.04 Å². The second-order valence-electron chi connectivity index (χ2n) is 7.43. The van der Waals surface area contributed by atoms with E-state index in [1.807, 2.05) is 41.6 Å². The summed E-state index contributed by atoms with van der Waals surface area (Å²) in [6.45, 7) is 2.58. The van der Waals surface area contributed by atoms with Gasteiger partial charge in [-0.3, -0.25) is 9.59 Å². The number of amides is 1. The first-order valence-corrected chi connectivity index (χ1v) is 9.91. The Kier molecular flexibility index (Phi) is 5.57. The Labute approximate surface area is 176 Å². The minimum Gasteiger partial charge on any atom is -0.454 e. The zero-order valence-electron chi connectivity index (χ0n) is 17.1. The Hall–Kier alpha value is -3.54. The van der Waals surface area contributed by atoms with Gasteiger partial charge in [-0.1, -0.05) is 36.4 Å². The zero-order chi connectivity index (χ0) is 21.1. The number of hydrogen-bond acceptors (Lipinski definition) is 5. The van der Waals surface area contributed by atoms with E-state index in [1.54, 1.807) is 32.2 Å². The highest BCUT2D eigenvalue weighted by atomic mass is 16.7. The maximum absolute atomic E-state index is 13.1. The number of hydrogen-bond donors (Lipinski definition) is 0. The molecule has 2 aliphatic rings. The number of benzene rings is 2. The number of fused-ring (bicyclic) bond motifs is 1. The van der Waals surface area contributed by atoms with Gasteiger partial charge in [0.2, 0.25) is 6.79 Å². The molecule has 6 nitrogen and oxygen atoms in total. The van der Waals surface area contributed by atoms with Crippen molar-refractivity contribution in [3.05, 3.63) is 83.7 Å². The lowest BCUT2D eigenvalue weighted by molar-refractivity contribution is -0.127. The van der Waals surface area contributed by atoms with Crippen LogP contribution in [0.4, 0.5) is 0 Å². The number of Topliss-reactive ketones (excluding diaryl/α,β-unsaturated/α-hetero) is 1. The standard InChI is InChI=1S/C24H24N2O4/c1-17(23(27)19-10-11-21-22(13-19)30-16-29-21)25(2)24(28)20-9-6-12-26(15-20)14-18-7-4-3-5-8-18/h3-8,10-13,15,17H,9,14,16H2,1-2H3. The van der Waals surface area contributed by atoms with Crippen molar-refractivity contribution in [2.24, 2.45) is 0 Å². The van der Waals surface area contributed by atoms with Gasteiger partial charge in [-0.25, -0.2) is 0 Å². The Bertz CT molecular complexity index is 1010. The highest BCUT2D eigenvalue weighted by Crippen LogP contribution is 2.33. The second kappa shape index (κ2) is 8.45. The van der Waals surface area contributed by atoms with Crippen LogP contribution in [0.5, 0.6) is 11.5 Å². The number of rotatable bonds is 6. The summed E-state index contributed by atoms with van der Waals surface area (Å²) in [5, 5.41) is 0. The number of allylic oxidation sites excluding steroid dienone is 1. The fourth-order valence-electron chi connectivity index (χ4n) is 3.52. The molecule has 4 rings (SSSR count). The number of carbonyl (C=O) groups excluding carboxylic acids is 2. The van der Waals surface area contributed by atoms with Gasteiger partial charge in [0.1, 0.15) is 0 Å². The number of nitrogens with zero attached hydrogens (tertiary/aromatic N) is 2. The lowest BCUT2D eigenvalue weighted by atomic mass is 10.0. The lowest BCUT2D eigenvalue weighted by Gasteiger charge is -2.27. The molecular formula is C24H24N2O4. The number of ketones is 1. The van der Waals surface area contributed by atoms with Gasteiger partial charge in [-0.2, -0.15) is 0 Å². The number of ether oxygens (including phenoxy) is 2. The highest BCUT2D eigenvalue weighted by Gasteiger charge is 2.27. The van der Waals surface area contributed by atoms with Gasteiger partial charge in [-0.05, 0) is 37.1 Å². The molecule has 2 aromatic rings. The fraction of sp³-hybridized carbons (Fsp3) is 0.250. The minimum atomic E-state index is -0.604. The summed E-state index contributed by atoms with van der Waals surface area (Å²) < 4.78 is 10.7. The van der Waals surface area contributed by atoms with Crippen molar-refractivity contribution in [3.8, 4) is 11.5 Å². The summed E-state index contributed by atoms with van der Waals surface area (Å²) in [6.07, 6.45) is 6.35. The molecule has 30 heavy (non-hydrogen) atoms. The smallest absolute Gasteiger partial charge is 0.251 e. The van der Waals surface area contributed by atoms with Crippen molar-refractivity contribution in [1.29, 1.82) is 0 Å². The van der Waals surface area contributed by atoms with Gasteiger partial charge in [0.25, 0.3) is 5.91 Å². The van der Waals surface area contributed by atoms with Crippen LogP contribution in [0.25, 0.3) is 0 Å². The molecule has 0 aromatic heterocycles. The van der Waals surface area contributed by atoms with Crippen molar-refractivity contribution in [2.75, 3.05) is 13.8 Å². The predicted molar refractivity (Wildman–Crippen MR) is 113 cm³/mol. The van der Waals surface area contributed by atoms with Crippen LogP contribution in [0.15, 0.2) is 72.6 Å². The van der Waals surface area contributed by atoms with Gasteiger partial charge < -0.3 is 19.3 Å². The Morgan fingerprint density at radius 1 is 1.10 bits per heavy atom.